The Morgan fingerprint density at radius 2 is 1.86 bits per heavy atom. The maximum Gasteiger partial charge on any atom is 0.324 e. The third-order valence-electron chi connectivity index (χ3n) is 6.94. The van der Waals surface area contributed by atoms with E-state index in [1.165, 1.54) is 38.5 Å². The molecule has 4 aromatic rings. The van der Waals surface area contributed by atoms with Crippen LogP contribution in [0.1, 0.15) is 57.6 Å². The summed E-state index contributed by atoms with van der Waals surface area (Å²) in [6, 6.07) is 9.45. The van der Waals surface area contributed by atoms with Gasteiger partial charge < -0.3 is 9.15 Å². The first kappa shape index (κ1) is 24.5. The molecule has 2 heterocycles. The first-order valence-corrected chi connectivity index (χ1v) is 13.7. The maximum absolute atomic E-state index is 13.0. The minimum atomic E-state index is -3.98. The summed E-state index contributed by atoms with van der Waals surface area (Å²) in [5.41, 5.74) is 2.96. The predicted octanol–water partition coefficient (Wildman–Crippen LogP) is 4.69. The summed E-state index contributed by atoms with van der Waals surface area (Å²) in [5.74, 6) is -0.448. The smallest absolute Gasteiger partial charge is 0.324 e. The largest absolute Gasteiger partial charge is 0.468 e. The molecule has 1 saturated carbocycles. The van der Waals surface area contributed by atoms with E-state index in [2.05, 4.69) is 15.0 Å². The Labute approximate surface area is 209 Å². The van der Waals surface area contributed by atoms with Gasteiger partial charge in [-0.1, -0.05) is 38.3 Å². The molecule has 5 rings (SSSR count). The number of nitrogens with one attached hydrogen (secondary N) is 1. The molecule has 10 heteroatoms. The van der Waals surface area contributed by atoms with E-state index >= 15 is 0 Å². The predicted molar refractivity (Wildman–Crippen MR) is 135 cm³/mol. The third-order valence-corrected chi connectivity index (χ3v) is 8.38. The van der Waals surface area contributed by atoms with Gasteiger partial charge in [-0.05, 0) is 49.1 Å². The number of sulfonamides is 1. The molecule has 190 valence electrons. The van der Waals surface area contributed by atoms with Crippen molar-refractivity contribution in [2.45, 2.75) is 62.8 Å². The number of rotatable bonds is 7. The molecular weight excluding hydrogens is 480 g/mol. The summed E-state index contributed by atoms with van der Waals surface area (Å²) in [6.07, 6.45) is 8.07. The fraction of sp³-hybridized carbons (Fsp3) is 0.423. The third kappa shape index (κ3) is 4.62. The standard InChI is InChI=1S/C26H30N4O5S/c1-16(2)25(26(31)34-3)28-36(32,33)19-10-11-20-21-13-18(9-12-23(21)35-24(20)14-19)30-15-22(27-29-30)17-7-5-4-6-8-17/h9-17,25,28H,4-8H2,1-3H3/t25-/m0/s1. The SMILES string of the molecule is COC(=O)[C@@H](NS(=O)(=O)c1ccc2c(c1)oc1ccc(-n3cc(C4CCCCC4)nn3)cc12)C(C)C. The van der Waals surface area contributed by atoms with Gasteiger partial charge in [-0.25, -0.2) is 13.1 Å². The molecule has 9 nitrogen and oxygen atoms in total. The number of esters is 1. The molecule has 1 aliphatic rings. The maximum atomic E-state index is 13.0. The number of benzene rings is 2. The van der Waals surface area contributed by atoms with Gasteiger partial charge in [0.05, 0.1) is 29.6 Å². The number of ether oxygens (including phenoxy) is 1. The molecule has 1 N–H and O–H groups in total. The Hall–Kier alpha value is -3.24. The van der Waals surface area contributed by atoms with E-state index in [1.807, 2.05) is 24.4 Å². The van der Waals surface area contributed by atoms with Gasteiger partial charge in [0.1, 0.15) is 17.2 Å². The minimum Gasteiger partial charge on any atom is -0.468 e. The first-order chi connectivity index (χ1) is 17.3. The summed E-state index contributed by atoms with van der Waals surface area (Å²) in [7, 11) is -2.75. The van der Waals surface area contributed by atoms with E-state index < -0.39 is 22.0 Å². The summed E-state index contributed by atoms with van der Waals surface area (Å²) in [6.45, 7) is 3.49. The van der Waals surface area contributed by atoms with Gasteiger partial charge in [-0.2, -0.15) is 4.72 Å². The molecule has 0 radical (unpaired) electrons. The monoisotopic (exact) mass is 510 g/mol. The van der Waals surface area contributed by atoms with E-state index in [1.54, 1.807) is 24.6 Å². The summed E-state index contributed by atoms with van der Waals surface area (Å²) in [5, 5.41) is 10.4. The lowest BCUT2D eigenvalue weighted by molar-refractivity contribution is -0.143. The number of hydrogen-bond acceptors (Lipinski definition) is 7. The molecule has 2 aromatic carbocycles. The Bertz CT molecular complexity index is 1520. The number of aromatic nitrogens is 3. The first-order valence-electron chi connectivity index (χ1n) is 12.3. The van der Waals surface area contributed by atoms with Gasteiger partial charge >= 0.3 is 5.97 Å². The van der Waals surface area contributed by atoms with Crippen LogP contribution in [0.2, 0.25) is 0 Å². The van der Waals surface area contributed by atoms with E-state index in [0.717, 1.165) is 35.0 Å². The van der Waals surface area contributed by atoms with Crippen LogP contribution >= 0.6 is 0 Å². The van der Waals surface area contributed by atoms with Crippen LogP contribution in [-0.4, -0.2) is 42.5 Å². The van der Waals surface area contributed by atoms with Crippen LogP contribution in [0.15, 0.2) is 51.9 Å². The Morgan fingerprint density at radius 1 is 1.08 bits per heavy atom. The van der Waals surface area contributed by atoms with Gasteiger partial charge in [0.15, 0.2) is 0 Å². The molecular formula is C26H30N4O5S. The van der Waals surface area contributed by atoms with Gasteiger partial charge in [0, 0.05) is 22.8 Å². The summed E-state index contributed by atoms with van der Waals surface area (Å²) in [4.78, 5) is 12.1. The second-order valence-electron chi connectivity index (χ2n) is 9.73. The molecule has 0 unspecified atom stereocenters. The number of fused-ring (bicyclic) bond motifs is 3. The van der Waals surface area contributed by atoms with Crippen molar-refractivity contribution in [1.29, 1.82) is 0 Å². The zero-order valence-electron chi connectivity index (χ0n) is 20.6. The van der Waals surface area contributed by atoms with Crippen LogP contribution in [0.25, 0.3) is 27.6 Å². The molecule has 0 aliphatic heterocycles. The molecule has 0 amide bonds. The van der Waals surface area contributed by atoms with Crippen LogP contribution in [0, 0.1) is 5.92 Å². The number of furan rings is 1. The van der Waals surface area contributed by atoms with E-state index in [0.29, 0.717) is 17.1 Å². The molecule has 0 spiro atoms. The molecule has 1 atom stereocenters. The van der Waals surface area contributed by atoms with Gasteiger partial charge in [0.2, 0.25) is 10.0 Å². The van der Waals surface area contributed by atoms with E-state index in [4.69, 9.17) is 9.15 Å². The van der Waals surface area contributed by atoms with Crippen molar-refractivity contribution in [3.8, 4) is 5.69 Å². The number of nitrogens with zero attached hydrogens (tertiary/aromatic N) is 3. The molecule has 2 aromatic heterocycles. The second-order valence-corrected chi connectivity index (χ2v) is 11.4. The number of carbonyl (C=O) groups excluding carboxylic acids is 1. The van der Waals surface area contributed by atoms with Crippen LogP contribution in [0.4, 0.5) is 0 Å². The van der Waals surface area contributed by atoms with Crippen LogP contribution in [0.3, 0.4) is 0 Å². The quantitative estimate of drug-likeness (QED) is 0.359. The minimum absolute atomic E-state index is 0.0113. The second kappa shape index (κ2) is 9.67. The van der Waals surface area contributed by atoms with Crippen molar-refractivity contribution >= 4 is 37.9 Å². The molecule has 0 saturated heterocycles. The lowest BCUT2D eigenvalue weighted by Gasteiger charge is -2.19. The van der Waals surface area contributed by atoms with Crippen LogP contribution in [0.5, 0.6) is 0 Å². The van der Waals surface area contributed by atoms with Crippen molar-refractivity contribution in [3.05, 3.63) is 48.3 Å². The zero-order valence-corrected chi connectivity index (χ0v) is 21.4. The van der Waals surface area contributed by atoms with Crippen molar-refractivity contribution < 1.29 is 22.4 Å². The van der Waals surface area contributed by atoms with Crippen molar-refractivity contribution in [3.63, 3.8) is 0 Å². The van der Waals surface area contributed by atoms with Gasteiger partial charge in [0.25, 0.3) is 0 Å². The molecule has 36 heavy (non-hydrogen) atoms. The number of methoxy groups -OCH3 is 1. The zero-order chi connectivity index (χ0) is 25.4. The van der Waals surface area contributed by atoms with Crippen molar-refractivity contribution in [1.82, 2.24) is 19.7 Å². The lowest BCUT2D eigenvalue weighted by Crippen LogP contribution is -2.44. The van der Waals surface area contributed by atoms with Gasteiger partial charge in [-0.3, -0.25) is 4.79 Å². The van der Waals surface area contributed by atoms with E-state index in [9.17, 15) is 13.2 Å². The summed E-state index contributed by atoms with van der Waals surface area (Å²) >= 11 is 0. The fourth-order valence-corrected chi connectivity index (χ4v) is 6.21. The van der Waals surface area contributed by atoms with Crippen LogP contribution < -0.4 is 4.72 Å². The number of carbonyl (C=O) groups is 1. The Kier molecular flexibility index (Phi) is 6.57. The average molecular weight is 511 g/mol. The van der Waals surface area contributed by atoms with Crippen LogP contribution in [-0.2, 0) is 19.6 Å². The van der Waals surface area contributed by atoms with Crippen molar-refractivity contribution in [2.24, 2.45) is 5.92 Å². The molecule has 1 fully saturated rings. The number of hydrogen-bond donors (Lipinski definition) is 1. The highest BCUT2D eigenvalue weighted by Crippen LogP contribution is 2.34. The topological polar surface area (TPSA) is 116 Å². The molecule has 0 bridgehead atoms. The van der Waals surface area contributed by atoms with Gasteiger partial charge in [-0.15, -0.1) is 5.10 Å². The Balaban J connectivity index is 1.46. The van der Waals surface area contributed by atoms with Crippen molar-refractivity contribution in [2.75, 3.05) is 7.11 Å². The molecule has 1 aliphatic carbocycles. The van der Waals surface area contributed by atoms with E-state index in [-0.39, 0.29) is 10.8 Å². The summed E-state index contributed by atoms with van der Waals surface area (Å²) < 4.78 is 41.0. The average Bonchev–Trinajstić information content (AvgIpc) is 3.51. The lowest BCUT2D eigenvalue weighted by atomic mass is 9.87. The highest BCUT2D eigenvalue weighted by atomic mass is 32.2. The normalized spacial score (nSPS) is 16.1. The highest BCUT2D eigenvalue weighted by Gasteiger charge is 2.29. The fourth-order valence-electron chi connectivity index (χ4n) is 4.86. The Morgan fingerprint density at radius 3 is 2.58 bits per heavy atom. The highest BCUT2D eigenvalue weighted by molar-refractivity contribution is 7.89.